The molecule has 48 heavy (non-hydrogen) atoms. The molecule has 5 rings (SSSR count). The van der Waals surface area contributed by atoms with Crippen LogP contribution in [0.25, 0.3) is 11.1 Å². The fourth-order valence-electron chi connectivity index (χ4n) is 7.79. The van der Waals surface area contributed by atoms with E-state index in [4.69, 9.17) is 9.47 Å². The van der Waals surface area contributed by atoms with Crippen molar-refractivity contribution in [1.29, 1.82) is 0 Å². The van der Waals surface area contributed by atoms with Crippen LogP contribution >= 0.6 is 15.9 Å². The largest absolute Gasteiger partial charge is 0.444 e. The maximum atomic E-state index is 14.6. The summed E-state index contributed by atoms with van der Waals surface area (Å²) in [6.07, 6.45) is -2.32. The van der Waals surface area contributed by atoms with Crippen LogP contribution in [-0.4, -0.2) is 86.7 Å². The molecule has 4 amide bonds. The molecule has 0 spiro atoms. The first-order valence-corrected chi connectivity index (χ1v) is 17.1. The number of rotatable bonds is 8. The second kappa shape index (κ2) is 12.3. The van der Waals surface area contributed by atoms with E-state index < -0.39 is 62.4 Å². The highest BCUT2D eigenvalue weighted by atomic mass is 79.9. The van der Waals surface area contributed by atoms with Gasteiger partial charge in [0.2, 0.25) is 11.8 Å². The van der Waals surface area contributed by atoms with Crippen LogP contribution in [0.2, 0.25) is 0 Å². The lowest BCUT2D eigenvalue weighted by Gasteiger charge is -2.42. The number of carbonyl (C=O) groups excluding carboxylic acids is 4. The van der Waals surface area contributed by atoms with E-state index in [0.717, 1.165) is 22.3 Å². The highest BCUT2D eigenvalue weighted by molar-refractivity contribution is 9.10. The van der Waals surface area contributed by atoms with E-state index in [9.17, 15) is 24.3 Å². The van der Waals surface area contributed by atoms with Gasteiger partial charge in [-0.1, -0.05) is 90.4 Å². The van der Waals surface area contributed by atoms with Crippen LogP contribution in [0.1, 0.15) is 66.5 Å². The molecular weight excluding hydrogens is 678 g/mol. The number of fused-ring (bicyclic) bond motifs is 5. The minimum Gasteiger partial charge on any atom is -0.444 e. The molecule has 1 saturated carbocycles. The number of carbonyl (C=O) groups is 4. The predicted octanol–water partition coefficient (Wildman–Crippen LogP) is 5.88. The molecule has 0 aromatic heterocycles. The maximum absolute atomic E-state index is 14.6. The van der Waals surface area contributed by atoms with E-state index >= 15 is 0 Å². The first-order chi connectivity index (χ1) is 22.3. The number of alkyl carbamates (subject to hydrolysis) is 1. The van der Waals surface area contributed by atoms with Gasteiger partial charge in [0.15, 0.2) is 0 Å². The number of hydrogen-bond donors (Lipinski definition) is 2. The fraction of sp³-hybridized carbons (Fsp3) is 0.514. The van der Waals surface area contributed by atoms with Gasteiger partial charge in [-0.15, -0.1) is 0 Å². The molecule has 0 radical (unpaired) electrons. The summed E-state index contributed by atoms with van der Waals surface area (Å²) in [5.41, 5.74) is -0.368. The summed E-state index contributed by atoms with van der Waals surface area (Å²) in [4.78, 5) is 57.2. The Bertz CT molecular complexity index is 1630. The van der Waals surface area contributed by atoms with Gasteiger partial charge in [-0.05, 0) is 63.8 Å². The van der Waals surface area contributed by atoms with Crippen molar-refractivity contribution in [1.82, 2.24) is 15.1 Å². The Hall–Kier alpha value is -3.70. The Morgan fingerprint density at radius 1 is 0.875 bits per heavy atom. The monoisotopic (exact) mass is 723 g/mol. The molecule has 10 nitrogen and oxygen atoms in total. The minimum atomic E-state index is -1.44. The average Bonchev–Trinajstić information content (AvgIpc) is 3.37. The van der Waals surface area contributed by atoms with Crippen LogP contribution in [0.15, 0.2) is 60.7 Å². The van der Waals surface area contributed by atoms with Crippen LogP contribution in [0.5, 0.6) is 0 Å². The molecule has 2 aromatic carbocycles. The number of aliphatic hydroxyl groups is 1. The summed E-state index contributed by atoms with van der Waals surface area (Å²) in [7, 11) is 0. The molecule has 1 heterocycles. The van der Waals surface area contributed by atoms with Gasteiger partial charge in [-0.25, -0.2) is 9.59 Å². The number of halogens is 1. The van der Waals surface area contributed by atoms with Crippen LogP contribution in [0.3, 0.4) is 0 Å². The number of ether oxygens (including phenoxy) is 2. The average molecular weight is 725 g/mol. The molecule has 2 bridgehead atoms. The lowest BCUT2D eigenvalue weighted by atomic mass is 9.63. The van der Waals surface area contributed by atoms with Gasteiger partial charge in [0.05, 0.1) is 12.0 Å². The molecule has 2 fully saturated rings. The summed E-state index contributed by atoms with van der Waals surface area (Å²) >= 11 is 3.83. The van der Waals surface area contributed by atoms with Crippen LogP contribution < -0.4 is 5.32 Å². The molecule has 2 aliphatic carbocycles. The normalized spacial score (nSPS) is 28.1. The third-order valence-corrected chi connectivity index (χ3v) is 11.3. The van der Waals surface area contributed by atoms with E-state index in [-0.39, 0.29) is 26.2 Å². The van der Waals surface area contributed by atoms with Gasteiger partial charge in [-0.3, -0.25) is 14.5 Å². The van der Waals surface area contributed by atoms with Gasteiger partial charge >= 0.3 is 12.2 Å². The van der Waals surface area contributed by atoms with Gasteiger partial charge in [0, 0.05) is 37.0 Å². The van der Waals surface area contributed by atoms with Crippen molar-refractivity contribution >= 4 is 51.1 Å². The molecule has 2 N–H and O–H groups in total. The van der Waals surface area contributed by atoms with Crippen molar-refractivity contribution in [2.24, 2.45) is 16.7 Å². The summed E-state index contributed by atoms with van der Waals surface area (Å²) < 4.78 is 9.49. The van der Waals surface area contributed by atoms with Gasteiger partial charge in [0.25, 0.3) is 0 Å². The number of hydrogen-bond acceptors (Lipinski definition) is 7. The minimum absolute atomic E-state index is 0.0291. The molecule has 11 heteroatoms. The van der Waals surface area contributed by atoms with Crippen molar-refractivity contribution in [2.45, 2.75) is 77.0 Å². The summed E-state index contributed by atoms with van der Waals surface area (Å²) in [6.45, 7) is 14.2. The summed E-state index contributed by atoms with van der Waals surface area (Å²) in [5, 5.41) is 14.9. The highest BCUT2D eigenvalue weighted by Crippen LogP contribution is 2.79. The van der Waals surface area contributed by atoms with Gasteiger partial charge in [-0.2, -0.15) is 0 Å². The Morgan fingerprint density at radius 3 is 1.92 bits per heavy atom. The molecule has 1 aliphatic heterocycles. The number of amides is 4. The zero-order valence-corrected chi connectivity index (χ0v) is 30.5. The molecule has 258 valence electrons. The summed E-state index contributed by atoms with van der Waals surface area (Å²) in [5.74, 6) is -1.79. The number of imide groups is 1. The molecule has 2 aromatic rings. The topological polar surface area (TPSA) is 125 Å². The standard InChI is InChI=1S/C37H46BrN3O7/c1-33(2,3)47-31(45)39-19-20-40(32(46)48-34(4,5)6)21-22-41-28(42)27-35(7)25(23-15-11-9-12-16-23)26(24-17-13-10-14-18-24)36(8,29(35)43)37(27,38)30(41)44/h9-18,27,29,43H,19-22H2,1-8H3,(H,39,45). The van der Waals surface area contributed by atoms with Crippen LogP contribution in [-0.2, 0) is 19.1 Å². The van der Waals surface area contributed by atoms with Crippen molar-refractivity contribution in [2.75, 3.05) is 26.2 Å². The number of benzene rings is 2. The van der Waals surface area contributed by atoms with Crippen molar-refractivity contribution in [3.63, 3.8) is 0 Å². The van der Waals surface area contributed by atoms with Crippen molar-refractivity contribution in [3.05, 3.63) is 71.8 Å². The SMILES string of the molecule is CC(C)(C)OC(=O)NCCN(CCN1C(=O)C2C3(C)C(c4ccccc4)=C(c4ccccc4)C(C)(C3O)C2(Br)C1=O)C(=O)OC(C)(C)C. The second-order valence-electron chi connectivity index (χ2n) is 15.2. The number of alkyl halides is 1. The van der Waals surface area contributed by atoms with Crippen molar-refractivity contribution in [3.8, 4) is 0 Å². The summed E-state index contributed by atoms with van der Waals surface area (Å²) in [6, 6.07) is 19.4. The zero-order chi connectivity index (χ0) is 35.4. The molecule has 5 unspecified atom stereocenters. The third-order valence-electron chi connectivity index (χ3n) is 9.67. The number of nitrogens with one attached hydrogen (secondary N) is 1. The van der Waals surface area contributed by atoms with E-state index in [2.05, 4.69) is 21.2 Å². The Balaban J connectivity index is 1.47. The van der Waals surface area contributed by atoms with E-state index in [0.29, 0.717) is 0 Å². The number of aliphatic hydroxyl groups excluding tert-OH is 1. The predicted molar refractivity (Wildman–Crippen MR) is 186 cm³/mol. The van der Waals surface area contributed by atoms with Crippen LogP contribution in [0, 0.1) is 16.7 Å². The Labute approximate surface area is 291 Å². The smallest absolute Gasteiger partial charge is 0.410 e. The van der Waals surface area contributed by atoms with Gasteiger partial charge in [0.1, 0.15) is 15.5 Å². The highest BCUT2D eigenvalue weighted by Gasteiger charge is 2.85. The lowest BCUT2D eigenvalue weighted by molar-refractivity contribution is -0.143. The van der Waals surface area contributed by atoms with Crippen LogP contribution in [0.4, 0.5) is 9.59 Å². The van der Waals surface area contributed by atoms with Gasteiger partial charge < -0.3 is 24.8 Å². The van der Waals surface area contributed by atoms with E-state index in [1.54, 1.807) is 41.5 Å². The van der Waals surface area contributed by atoms with Crippen molar-refractivity contribution < 1.29 is 33.8 Å². The third kappa shape index (κ3) is 5.72. The van der Waals surface area contributed by atoms with E-state index in [1.807, 2.05) is 74.5 Å². The second-order valence-corrected chi connectivity index (χ2v) is 16.5. The lowest BCUT2D eigenvalue weighted by Crippen LogP contribution is -2.52. The maximum Gasteiger partial charge on any atom is 0.410 e. The number of likely N-dealkylation sites (tertiary alicyclic amines) is 1. The molecular formula is C37H46BrN3O7. The Kier molecular flexibility index (Phi) is 9.14. The number of nitrogens with zero attached hydrogens (tertiary/aromatic N) is 2. The molecule has 3 aliphatic rings. The first-order valence-electron chi connectivity index (χ1n) is 16.3. The van der Waals surface area contributed by atoms with E-state index in [1.165, 1.54) is 9.80 Å². The first kappa shape index (κ1) is 35.6. The Morgan fingerprint density at radius 2 is 1.40 bits per heavy atom. The quantitative estimate of drug-likeness (QED) is 0.258. The molecule has 1 saturated heterocycles. The molecule has 5 atom stereocenters. The zero-order valence-electron chi connectivity index (χ0n) is 28.9. The fourth-order valence-corrected chi connectivity index (χ4v) is 9.09.